The molecule has 1 aliphatic rings. The predicted octanol–water partition coefficient (Wildman–Crippen LogP) is 5.80. The van der Waals surface area contributed by atoms with Crippen LogP contribution in [0.4, 0.5) is 5.13 Å². The monoisotopic (exact) mass is 475 g/mol. The molecule has 0 spiro atoms. The van der Waals surface area contributed by atoms with E-state index in [0.29, 0.717) is 38.7 Å². The summed E-state index contributed by atoms with van der Waals surface area (Å²) in [5.41, 5.74) is 2.58. The van der Waals surface area contributed by atoms with Crippen LogP contribution in [-0.2, 0) is 4.79 Å². The number of nitrogens with zero attached hydrogens (tertiary/aromatic N) is 3. The highest BCUT2D eigenvalue weighted by atomic mass is 35.5. The summed E-state index contributed by atoms with van der Waals surface area (Å²) in [5, 5.41) is 1.11. The predicted molar refractivity (Wildman–Crippen MR) is 133 cm³/mol. The molecule has 0 atom stereocenters. The van der Waals surface area contributed by atoms with Gasteiger partial charge in [-0.15, -0.1) is 0 Å². The van der Waals surface area contributed by atoms with Crippen LogP contribution in [0.1, 0.15) is 11.1 Å². The minimum absolute atomic E-state index is 0.263. The van der Waals surface area contributed by atoms with Crippen LogP contribution in [0.3, 0.4) is 0 Å². The molecule has 0 unspecified atom stereocenters. The number of fused-ring (bicyclic) bond motifs is 1. The number of benzene rings is 3. The lowest BCUT2D eigenvalue weighted by atomic mass is 10.2. The second-order valence-corrected chi connectivity index (χ2v) is 8.58. The normalized spacial score (nSPS) is 14.8. The molecule has 0 aliphatic carbocycles. The second-order valence-electron chi connectivity index (χ2n) is 7.17. The molecule has 0 fully saturated rings. The number of carbonyl (C=O) groups is 1. The van der Waals surface area contributed by atoms with Crippen LogP contribution < -0.4 is 14.4 Å². The van der Waals surface area contributed by atoms with Gasteiger partial charge in [0.15, 0.2) is 5.13 Å². The third kappa shape index (κ3) is 3.86. The number of carbonyl (C=O) groups excluding carboxylic acids is 1. The molecule has 0 N–H and O–H groups in total. The Hall–Kier alpha value is -3.68. The Balaban J connectivity index is 1.66. The number of ether oxygens (including phenoxy) is 2. The van der Waals surface area contributed by atoms with E-state index in [4.69, 9.17) is 31.1 Å². The van der Waals surface area contributed by atoms with Gasteiger partial charge in [0.25, 0.3) is 5.91 Å². The Morgan fingerprint density at radius 2 is 1.64 bits per heavy atom. The summed E-state index contributed by atoms with van der Waals surface area (Å²) >= 11 is 7.35. The number of thiazole rings is 1. The van der Waals surface area contributed by atoms with Crippen molar-refractivity contribution in [3.63, 3.8) is 0 Å². The zero-order chi connectivity index (χ0) is 22.9. The standard InChI is InChI=1S/C25H18ClN3O3S/c1-31-19-12-13-20(32-2)22-21(19)28-25(33-22)29-23(16-6-4-3-5-7-16)27-18(24(29)30)14-15-8-10-17(26)11-9-15/h3-14H,1-2H3. The molecule has 6 nitrogen and oxygen atoms in total. The lowest BCUT2D eigenvalue weighted by molar-refractivity contribution is -0.113. The highest BCUT2D eigenvalue weighted by molar-refractivity contribution is 7.23. The van der Waals surface area contributed by atoms with Gasteiger partial charge < -0.3 is 9.47 Å². The zero-order valence-corrected chi connectivity index (χ0v) is 19.4. The Morgan fingerprint density at radius 3 is 2.33 bits per heavy atom. The summed E-state index contributed by atoms with van der Waals surface area (Å²) in [6.07, 6.45) is 1.75. The quantitative estimate of drug-likeness (QED) is 0.342. The summed E-state index contributed by atoms with van der Waals surface area (Å²) in [6.45, 7) is 0. The van der Waals surface area contributed by atoms with Crippen molar-refractivity contribution in [3.8, 4) is 11.5 Å². The number of rotatable bonds is 5. The Kier molecular flexibility index (Phi) is 5.58. The van der Waals surface area contributed by atoms with Gasteiger partial charge in [0.2, 0.25) is 0 Å². The molecule has 0 saturated heterocycles. The molecule has 3 aromatic carbocycles. The number of amidine groups is 1. The molecule has 33 heavy (non-hydrogen) atoms. The summed E-state index contributed by atoms with van der Waals surface area (Å²) < 4.78 is 11.8. The Bertz CT molecular complexity index is 1370. The van der Waals surface area contributed by atoms with Crippen molar-refractivity contribution in [2.45, 2.75) is 0 Å². The van der Waals surface area contributed by atoms with Gasteiger partial charge in [0.1, 0.15) is 33.2 Å². The van der Waals surface area contributed by atoms with Crippen molar-refractivity contribution in [1.82, 2.24) is 4.98 Å². The first-order chi connectivity index (χ1) is 16.1. The maximum Gasteiger partial charge on any atom is 0.284 e. The Morgan fingerprint density at radius 1 is 0.939 bits per heavy atom. The van der Waals surface area contributed by atoms with Gasteiger partial charge in [-0.25, -0.2) is 14.9 Å². The van der Waals surface area contributed by atoms with Crippen molar-refractivity contribution in [1.29, 1.82) is 0 Å². The van der Waals surface area contributed by atoms with E-state index in [2.05, 4.69) is 0 Å². The van der Waals surface area contributed by atoms with E-state index in [1.807, 2.05) is 48.5 Å². The Labute approximate surface area is 199 Å². The fourth-order valence-corrected chi connectivity index (χ4v) is 4.76. The van der Waals surface area contributed by atoms with Gasteiger partial charge in [0, 0.05) is 10.6 Å². The van der Waals surface area contributed by atoms with Crippen LogP contribution in [0.5, 0.6) is 11.5 Å². The minimum atomic E-state index is -0.263. The molecule has 1 aromatic heterocycles. The van der Waals surface area contributed by atoms with Crippen molar-refractivity contribution in [2.75, 3.05) is 19.1 Å². The summed E-state index contributed by atoms with van der Waals surface area (Å²) in [7, 11) is 3.19. The summed E-state index contributed by atoms with van der Waals surface area (Å²) in [4.78, 5) is 24.6. The lowest BCUT2D eigenvalue weighted by Gasteiger charge is -2.14. The number of halogens is 1. The van der Waals surface area contributed by atoms with Gasteiger partial charge in [0.05, 0.1) is 14.2 Å². The molecule has 0 bridgehead atoms. The fraction of sp³-hybridized carbons (Fsp3) is 0.0800. The number of aliphatic imine (C=N–C) groups is 1. The maximum atomic E-state index is 13.6. The lowest BCUT2D eigenvalue weighted by Crippen LogP contribution is -2.32. The van der Waals surface area contributed by atoms with Crippen molar-refractivity contribution in [2.24, 2.45) is 4.99 Å². The van der Waals surface area contributed by atoms with Gasteiger partial charge in [-0.05, 0) is 35.9 Å². The highest BCUT2D eigenvalue weighted by Gasteiger charge is 2.35. The molecular formula is C25H18ClN3O3S. The van der Waals surface area contributed by atoms with E-state index < -0.39 is 0 Å². The maximum absolute atomic E-state index is 13.6. The molecule has 0 radical (unpaired) electrons. The summed E-state index contributed by atoms with van der Waals surface area (Å²) in [6, 6.07) is 20.4. The number of amides is 1. The number of anilines is 1. The van der Waals surface area contributed by atoms with Crippen LogP contribution >= 0.6 is 22.9 Å². The van der Waals surface area contributed by atoms with Crippen LogP contribution in [0.25, 0.3) is 16.3 Å². The van der Waals surface area contributed by atoms with E-state index in [0.717, 1.165) is 15.8 Å². The molecule has 8 heteroatoms. The zero-order valence-electron chi connectivity index (χ0n) is 17.8. The number of methoxy groups -OCH3 is 2. The molecular weight excluding hydrogens is 458 g/mol. The summed E-state index contributed by atoms with van der Waals surface area (Å²) in [5.74, 6) is 1.52. The third-order valence-electron chi connectivity index (χ3n) is 5.16. The van der Waals surface area contributed by atoms with Crippen LogP contribution in [0.2, 0.25) is 5.02 Å². The van der Waals surface area contributed by atoms with Gasteiger partial charge in [-0.3, -0.25) is 4.79 Å². The molecule has 2 heterocycles. The largest absolute Gasteiger partial charge is 0.495 e. The number of hydrogen-bond acceptors (Lipinski definition) is 6. The van der Waals surface area contributed by atoms with Crippen LogP contribution in [0, 0.1) is 0 Å². The molecule has 4 aromatic rings. The van der Waals surface area contributed by atoms with Crippen LogP contribution in [0.15, 0.2) is 77.4 Å². The third-order valence-corrected chi connectivity index (χ3v) is 6.46. The average Bonchev–Trinajstić information content (AvgIpc) is 3.42. The fourth-order valence-electron chi connectivity index (χ4n) is 3.56. The first-order valence-electron chi connectivity index (χ1n) is 10.1. The van der Waals surface area contributed by atoms with Gasteiger partial charge in [-0.2, -0.15) is 0 Å². The van der Waals surface area contributed by atoms with E-state index in [9.17, 15) is 4.79 Å². The minimum Gasteiger partial charge on any atom is -0.495 e. The van der Waals surface area contributed by atoms with E-state index in [1.54, 1.807) is 43.4 Å². The smallest absolute Gasteiger partial charge is 0.284 e. The number of aromatic nitrogens is 1. The first-order valence-corrected chi connectivity index (χ1v) is 11.3. The van der Waals surface area contributed by atoms with E-state index >= 15 is 0 Å². The molecule has 1 aliphatic heterocycles. The molecule has 5 rings (SSSR count). The SMILES string of the molecule is COc1ccc(OC)c2sc(N3C(=O)C(=Cc4ccc(Cl)cc4)N=C3c3ccccc3)nc12. The first kappa shape index (κ1) is 21.2. The average molecular weight is 476 g/mol. The second kappa shape index (κ2) is 8.69. The van der Waals surface area contributed by atoms with Gasteiger partial charge in [-0.1, -0.05) is 65.4 Å². The van der Waals surface area contributed by atoms with Crippen molar-refractivity contribution >= 4 is 56.1 Å². The molecule has 1 amide bonds. The van der Waals surface area contributed by atoms with Crippen molar-refractivity contribution < 1.29 is 14.3 Å². The topological polar surface area (TPSA) is 64.0 Å². The van der Waals surface area contributed by atoms with Crippen molar-refractivity contribution in [3.05, 3.63) is 88.6 Å². The van der Waals surface area contributed by atoms with Crippen LogP contribution in [-0.4, -0.2) is 30.9 Å². The van der Waals surface area contributed by atoms with E-state index in [-0.39, 0.29) is 5.91 Å². The molecule has 164 valence electrons. The molecule has 0 saturated carbocycles. The highest BCUT2D eigenvalue weighted by Crippen LogP contribution is 2.41. The number of hydrogen-bond donors (Lipinski definition) is 0. The van der Waals surface area contributed by atoms with Gasteiger partial charge >= 0.3 is 0 Å². The van der Waals surface area contributed by atoms with E-state index in [1.165, 1.54) is 11.3 Å².